The van der Waals surface area contributed by atoms with Gasteiger partial charge in [-0.2, -0.15) is 0 Å². The zero-order valence-electron chi connectivity index (χ0n) is 10.7. The second-order valence-electron chi connectivity index (χ2n) is 3.95. The number of amides is 1. The molecule has 0 atom stereocenters. The number of ether oxygens (including phenoxy) is 3. The molecule has 6 nitrogen and oxygen atoms in total. The highest BCUT2D eigenvalue weighted by molar-refractivity contribution is 6.35. The van der Waals surface area contributed by atoms with Crippen molar-refractivity contribution in [3.05, 3.63) is 40.3 Å². The van der Waals surface area contributed by atoms with Gasteiger partial charge < -0.3 is 19.5 Å². The normalized spacial score (nSPS) is 13.5. The van der Waals surface area contributed by atoms with E-state index in [1.165, 1.54) is 6.07 Å². The maximum absolute atomic E-state index is 11.7. The van der Waals surface area contributed by atoms with Crippen molar-refractivity contribution in [1.29, 1.82) is 0 Å². The van der Waals surface area contributed by atoms with Crippen molar-refractivity contribution in [2.45, 2.75) is 0 Å². The lowest BCUT2D eigenvalue weighted by atomic mass is 10.3. The highest BCUT2D eigenvalue weighted by Gasteiger charge is 2.18. The minimum atomic E-state index is -0.776. The first kappa shape index (κ1) is 15.5. The highest BCUT2D eigenvalue weighted by atomic mass is 35.5. The van der Waals surface area contributed by atoms with Crippen LogP contribution in [0.5, 0.6) is 0 Å². The highest BCUT2D eigenvalue weighted by Crippen LogP contribution is 2.25. The fourth-order valence-corrected chi connectivity index (χ4v) is 1.79. The van der Waals surface area contributed by atoms with Crippen LogP contribution in [0.25, 0.3) is 0 Å². The number of carbonyl (C=O) groups is 2. The van der Waals surface area contributed by atoms with Gasteiger partial charge in [0.1, 0.15) is 19.5 Å². The van der Waals surface area contributed by atoms with E-state index >= 15 is 0 Å². The Hall–Kier alpha value is -1.92. The van der Waals surface area contributed by atoms with Gasteiger partial charge in [0.05, 0.1) is 10.7 Å². The molecule has 0 aliphatic carbocycles. The van der Waals surface area contributed by atoms with Crippen LogP contribution < -0.4 is 5.32 Å². The summed E-state index contributed by atoms with van der Waals surface area (Å²) in [7, 11) is 0. The molecule has 1 aliphatic heterocycles. The topological polar surface area (TPSA) is 73.9 Å². The van der Waals surface area contributed by atoms with E-state index in [0.29, 0.717) is 22.3 Å². The molecular formula is C13H11Cl2NO5. The molecule has 0 radical (unpaired) electrons. The number of hydrogen-bond donors (Lipinski definition) is 1. The standard InChI is InChI=1S/C13H11Cl2NO5/c14-8-1-2-9(15)10(5-8)16-12(17)7-21-13(18)11-6-19-3-4-20-11/h1-2,5-6H,3-4,7H2,(H,16,17). The first-order valence-electron chi connectivity index (χ1n) is 5.93. The first-order chi connectivity index (χ1) is 10.1. The number of rotatable bonds is 4. The Morgan fingerprint density at radius 3 is 2.81 bits per heavy atom. The lowest BCUT2D eigenvalue weighted by Gasteiger charge is -2.14. The number of esters is 1. The van der Waals surface area contributed by atoms with E-state index < -0.39 is 18.5 Å². The van der Waals surface area contributed by atoms with E-state index in [1.807, 2.05) is 0 Å². The molecule has 2 rings (SSSR count). The molecule has 21 heavy (non-hydrogen) atoms. The number of anilines is 1. The number of hydrogen-bond acceptors (Lipinski definition) is 5. The molecule has 0 aromatic heterocycles. The largest absolute Gasteiger partial charge is 0.493 e. The van der Waals surface area contributed by atoms with Crippen LogP contribution in [0, 0.1) is 0 Å². The third-order valence-electron chi connectivity index (χ3n) is 2.39. The Balaban J connectivity index is 1.86. The minimum absolute atomic E-state index is 0.0742. The van der Waals surface area contributed by atoms with E-state index in [1.54, 1.807) is 12.1 Å². The lowest BCUT2D eigenvalue weighted by molar-refractivity contribution is -0.148. The van der Waals surface area contributed by atoms with Crippen molar-refractivity contribution < 1.29 is 23.8 Å². The van der Waals surface area contributed by atoms with Gasteiger partial charge in [0.25, 0.3) is 5.91 Å². The van der Waals surface area contributed by atoms with E-state index in [-0.39, 0.29) is 12.4 Å². The average Bonchev–Trinajstić information content (AvgIpc) is 2.49. The van der Waals surface area contributed by atoms with Gasteiger partial charge in [-0.15, -0.1) is 0 Å². The van der Waals surface area contributed by atoms with Gasteiger partial charge in [-0.1, -0.05) is 23.2 Å². The zero-order chi connectivity index (χ0) is 15.2. The molecule has 1 N–H and O–H groups in total. The Morgan fingerprint density at radius 2 is 2.10 bits per heavy atom. The molecule has 1 aromatic carbocycles. The van der Waals surface area contributed by atoms with Crippen molar-refractivity contribution in [3.8, 4) is 0 Å². The van der Waals surface area contributed by atoms with Crippen LogP contribution in [0.2, 0.25) is 10.0 Å². The molecule has 0 spiro atoms. The third kappa shape index (κ3) is 4.54. The number of carbonyl (C=O) groups excluding carboxylic acids is 2. The van der Waals surface area contributed by atoms with Crippen molar-refractivity contribution >= 4 is 40.8 Å². The first-order valence-corrected chi connectivity index (χ1v) is 6.68. The second kappa shape index (κ2) is 7.19. The van der Waals surface area contributed by atoms with Gasteiger partial charge in [-0.05, 0) is 18.2 Å². The Kier molecular flexibility index (Phi) is 5.30. The lowest BCUT2D eigenvalue weighted by Crippen LogP contribution is -2.23. The van der Waals surface area contributed by atoms with E-state index in [4.69, 9.17) is 37.4 Å². The summed E-state index contributed by atoms with van der Waals surface area (Å²) in [4.78, 5) is 23.2. The number of halogens is 2. The summed E-state index contributed by atoms with van der Waals surface area (Å²) >= 11 is 11.7. The molecule has 112 valence electrons. The van der Waals surface area contributed by atoms with Crippen LogP contribution in [0.1, 0.15) is 0 Å². The molecule has 1 amide bonds. The Morgan fingerprint density at radius 1 is 1.29 bits per heavy atom. The monoisotopic (exact) mass is 331 g/mol. The predicted octanol–water partition coefficient (Wildman–Crippen LogP) is 2.36. The summed E-state index contributed by atoms with van der Waals surface area (Å²) in [5.74, 6) is -1.40. The van der Waals surface area contributed by atoms with Crippen molar-refractivity contribution in [1.82, 2.24) is 0 Å². The summed E-state index contributed by atoms with van der Waals surface area (Å²) in [6.07, 6.45) is 1.15. The molecule has 1 aliphatic rings. The van der Waals surface area contributed by atoms with E-state index in [9.17, 15) is 9.59 Å². The Labute approximate surface area is 130 Å². The summed E-state index contributed by atoms with van der Waals surface area (Å²) in [5, 5.41) is 3.23. The van der Waals surface area contributed by atoms with Crippen LogP contribution in [0.4, 0.5) is 5.69 Å². The quantitative estimate of drug-likeness (QED) is 0.857. The minimum Gasteiger partial charge on any atom is -0.493 e. The third-order valence-corrected chi connectivity index (χ3v) is 2.95. The van der Waals surface area contributed by atoms with Crippen LogP contribution >= 0.6 is 23.2 Å². The van der Waals surface area contributed by atoms with Gasteiger partial charge >= 0.3 is 5.97 Å². The smallest absolute Gasteiger partial charge is 0.377 e. The van der Waals surface area contributed by atoms with Crippen LogP contribution in [0.3, 0.4) is 0 Å². The van der Waals surface area contributed by atoms with E-state index in [0.717, 1.165) is 6.26 Å². The summed E-state index contributed by atoms with van der Waals surface area (Å²) in [6, 6.07) is 4.63. The maximum Gasteiger partial charge on any atom is 0.377 e. The molecule has 0 unspecified atom stereocenters. The van der Waals surface area contributed by atoms with Crippen LogP contribution in [-0.4, -0.2) is 31.7 Å². The maximum atomic E-state index is 11.7. The van der Waals surface area contributed by atoms with Crippen molar-refractivity contribution in [2.75, 3.05) is 25.1 Å². The fourth-order valence-electron chi connectivity index (χ4n) is 1.46. The van der Waals surface area contributed by atoms with Gasteiger partial charge in [0.2, 0.25) is 5.76 Å². The summed E-state index contributed by atoms with van der Waals surface area (Å²) in [6.45, 7) is 0.137. The summed E-state index contributed by atoms with van der Waals surface area (Å²) < 4.78 is 14.7. The van der Waals surface area contributed by atoms with E-state index in [2.05, 4.69) is 5.32 Å². The number of benzene rings is 1. The van der Waals surface area contributed by atoms with Crippen molar-refractivity contribution in [2.24, 2.45) is 0 Å². The molecule has 0 fully saturated rings. The van der Waals surface area contributed by atoms with Crippen LogP contribution in [0.15, 0.2) is 30.2 Å². The molecule has 0 saturated carbocycles. The zero-order valence-corrected chi connectivity index (χ0v) is 12.2. The molecule has 0 saturated heterocycles. The van der Waals surface area contributed by atoms with Gasteiger partial charge in [0, 0.05) is 5.02 Å². The Bertz CT molecular complexity index is 588. The SMILES string of the molecule is O=C(COC(=O)C1=COCCO1)Nc1cc(Cl)ccc1Cl. The molecule has 0 bridgehead atoms. The van der Waals surface area contributed by atoms with Gasteiger partial charge in [0.15, 0.2) is 6.61 Å². The van der Waals surface area contributed by atoms with Gasteiger partial charge in [-0.3, -0.25) is 4.79 Å². The van der Waals surface area contributed by atoms with Crippen molar-refractivity contribution in [3.63, 3.8) is 0 Å². The van der Waals surface area contributed by atoms with Gasteiger partial charge in [-0.25, -0.2) is 4.79 Å². The summed E-state index contributed by atoms with van der Waals surface area (Å²) in [5.41, 5.74) is 0.335. The fraction of sp³-hybridized carbons (Fsp3) is 0.231. The molecule has 1 aromatic rings. The molecular weight excluding hydrogens is 321 g/mol. The number of nitrogens with one attached hydrogen (secondary N) is 1. The average molecular weight is 332 g/mol. The predicted molar refractivity (Wildman–Crippen MR) is 76.0 cm³/mol. The second-order valence-corrected chi connectivity index (χ2v) is 4.79. The van der Waals surface area contributed by atoms with Crippen LogP contribution in [-0.2, 0) is 23.8 Å². The molecule has 1 heterocycles. The molecule has 8 heteroatoms.